The smallest absolute Gasteiger partial charge is 0.206 e. The van der Waals surface area contributed by atoms with Crippen LogP contribution in [0.4, 0.5) is 0 Å². The summed E-state index contributed by atoms with van der Waals surface area (Å²) >= 11 is 0. The third-order valence-electron chi connectivity index (χ3n) is 3.99. The fourth-order valence-electron chi connectivity index (χ4n) is 3.03. The molecule has 1 saturated heterocycles. The van der Waals surface area contributed by atoms with E-state index in [-0.39, 0.29) is 12.6 Å². The van der Waals surface area contributed by atoms with Gasteiger partial charge in [-0.15, -0.1) is 0 Å². The molecule has 0 unspecified atom stereocenters. The van der Waals surface area contributed by atoms with Gasteiger partial charge in [0.2, 0.25) is 6.29 Å². The number of rotatable bonds is 2. The van der Waals surface area contributed by atoms with E-state index in [9.17, 15) is 0 Å². The Balaban J connectivity index is 1.60. The van der Waals surface area contributed by atoms with Crippen LogP contribution in [0.25, 0.3) is 0 Å². The molecule has 1 aromatic carbocycles. The van der Waals surface area contributed by atoms with Gasteiger partial charge in [0, 0.05) is 6.04 Å². The lowest BCUT2D eigenvalue weighted by Gasteiger charge is -2.34. The zero-order valence-electron chi connectivity index (χ0n) is 10.8. The highest BCUT2D eigenvalue weighted by Crippen LogP contribution is 2.36. The van der Waals surface area contributed by atoms with Gasteiger partial charge < -0.3 is 14.0 Å². The van der Waals surface area contributed by atoms with E-state index < -0.39 is 0 Å². The van der Waals surface area contributed by atoms with Crippen LogP contribution in [-0.4, -0.2) is 15.8 Å². The number of ether oxygens (including phenoxy) is 2. The minimum Gasteiger partial charge on any atom is -0.327 e. The molecule has 0 N–H and O–H groups in total. The molecule has 1 fully saturated rings. The van der Waals surface area contributed by atoms with Gasteiger partial charge in [-0.05, 0) is 30.9 Å². The van der Waals surface area contributed by atoms with Crippen LogP contribution in [0.1, 0.15) is 36.1 Å². The summed E-state index contributed by atoms with van der Waals surface area (Å²) in [6.07, 6.45) is 5.50. The summed E-state index contributed by atoms with van der Waals surface area (Å²) in [6, 6.07) is 9.07. The molecule has 1 aliphatic carbocycles. The van der Waals surface area contributed by atoms with E-state index in [0.29, 0.717) is 6.04 Å². The van der Waals surface area contributed by atoms with Crippen molar-refractivity contribution in [2.75, 3.05) is 0 Å². The Morgan fingerprint density at radius 1 is 1.16 bits per heavy atom. The average molecular weight is 256 g/mol. The molecule has 4 rings (SSSR count). The molecule has 98 valence electrons. The third kappa shape index (κ3) is 1.79. The maximum atomic E-state index is 5.58. The van der Waals surface area contributed by atoms with Gasteiger partial charge in [-0.2, -0.15) is 0 Å². The first-order valence-electron chi connectivity index (χ1n) is 6.70. The molecule has 1 aliphatic heterocycles. The molecule has 0 saturated carbocycles. The van der Waals surface area contributed by atoms with Crippen molar-refractivity contribution >= 4 is 0 Å². The van der Waals surface area contributed by atoms with Gasteiger partial charge in [0.15, 0.2) is 6.29 Å². The number of hydrogen-bond acceptors (Lipinski definition) is 3. The lowest BCUT2D eigenvalue weighted by molar-refractivity contribution is -0.384. The van der Waals surface area contributed by atoms with Crippen molar-refractivity contribution in [3.63, 3.8) is 0 Å². The summed E-state index contributed by atoms with van der Waals surface area (Å²) in [5, 5.41) is 0. The van der Waals surface area contributed by atoms with Crippen LogP contribution in [0, 0.1) is 0 Å². The summed E-state index contributed by atoms with van der Waals surface area (Å²) in [5.74, 6) is 0. The van der Waals surface area contributed by atoms with Crippen molar-refractivity contribution in [3.05, 3.63) is 53.6 Å². The molecule has 19 heavy (non-hydrogen) atoms. The first-order valence-corrected chi connectivity index (χ1v) is 6.70. The van der Waals surface area contributed by atoms with Crippen molar-refractivity contribution in [1.82, 2.24) is 9.55 Å². The molecule has 0 spiro atoms. The van der Waals surface area contributed by atoms with Crippen LogP contribution in [0.2, 0.25) is 0 Å². The van der Waals surface area contributed by atoms with E-state index in [1.807, 2.05) is 19.4 Å². The van der Waals surface area contributed by atoms with Crippen LogP contribution in [0.15, 0.2) is 36.8 Å². The second kappa shape index (κ2) is 4.18. The molecule has 4 heteroatoms. The zero-order valence-corrected chi connectivity index (χ0v) is 10.8. The molecule has 2 aliphatic rings. The van der Waals surface area contributed by atoms with Gasteiger partial charge in [0.25, 0.3) is 0 Å². The lowest BCUT2D eigenvalue weighted by atomic mass is 10.1. The van der Waals surface area contributed by atoms with E-state index in [2.05, 4.69) is 33.8 Å². The Bertz CT molecular complexity index is 577. The normalized spacial score (nSPS) is 26.2. The summed E-state index contributed by atoms with van der Waals surface area (Å²) in [5.41, 5.74) is 3.91. The first-order chi connectivity index (χ1) is 9.31. The Morgan fingerprint density at radius 3 is 2.47 bits per heavy atom. The van der Waals surface area contributed by atoms with Crippen molar-refractivity contribution in [2.24, 2.45) is 0 Å². The number of imidazole rings is 1. The van der Waals surface area contributed by atoms with Crippen molar-refractivity contribution < 1.29 is 9.47 Å². The number of fused-ring (bicyclic) bond motifs is 1. The maximum absolute atomic E-state index is 5.58. The molecule has 2 heterocycles. The second-order valence-corrected chi connectivity index (χ2v) is 5.23. The largest absolute Gasteiger partial charge is 0.327 e. The van der Waals surface area contributed by atoms with E-state index in [1.165, 1.54) is 11.1 Å². The average Bonchev–Trinajstić information content (AvgIpc) is 3.00. The number of hydrogen-bond donors (Lipinski definition) is 0. The van der Waals surface area contributed by atoms with Crippen LogP contribution in [0.3, 0.4) is 0 Å². The van der Waals surface area contributed by atoms with Crippen molar-refractivity contribution in [3.8, 4) is 0 Å². The predicted molar refractivity (Wildman–Crippen MR) is 69.5 cm³/mol. The highest BCUT2D eigenvalue weighted by Gasteiger charge is 2.33. The van der Waals surface area contributed by atoms with Crippen LogP contribution in [-0.2, 0) is 22.3 Å². The topological polar surface area (TPSA) is 36.3 Å². The van der Waals surface area contributed by atoms with Gasteiger partial charge in [0.05, 0.1) is 18.2 Å². The van der Waals surface area contributed by atoms with Gasteiger partial charge in [-0.1, -0.05) is 24.3 Å². The SMILES string of the molecule is CC1OC(c2cncn2C2Cc3ccccc3C2)O1. The minimum absolute atomic E-state index is 0.103. The molecule has 4 nitrogen and oxygen atoms in total. The molecule has 0 atom stereocenters. The zero-order chi connectivity index (χ0) is 12.8. The lowest BCUT2D eigenvalue weighted by Crippen LogP contribution is -2.33. The van der Waals surface area contributed by atoms with E-state index in [1.54, 1.807) is 0 Å². The molecular formula is C15H16N2O2. The van der Waals surface area contributed by atoms with E-state index in [4.69, 9.17) is 9.47 Å². The first kappa shape index (κ1) is 11.2. The van der Waals surface area contributed by atoms with E-state index >= 15 is 0 Å². The second-order valence-electron chi connectivity index (χ2n) is 5.23. The summed E-state index contributed by atoms with van der Waals surface area (Å²) in [6.45, 7) is 1.91. The Hall–Kier alpha value is -1.65. The highest BCUT2D eigenvalue weighted by molar-refractivity contribution is 5.33. The Morgan fingerprint density at radius 2 is 1.84 bits per heavy atom. The Labute approximate surface area is 112 Å². The summed E-state index contributed by atoms with van der Waals surface area (Å²) < 4.78 is 13.4. The van der Waals surface area contributed by atoms with Crippen LogP contribution in [0.5, 0.6) is 0 Å². The summed E-state index contributed by atoms with van der Waals surface area (Å²) in [7, 11) is 0. The van der Waals surface area contributed by atoms with Crippen molar-refractivity contribution in [2.45, 2.75) is 38.4 Å². The number of benzene rings is 1. The van der Waals surface area contributed by atoms with Crippen LogP contribution < -0.4 is 0 Å². The summed E-state index contributed by atoms with van der Waals surface area (Å²) in [4.78, 5) is 4.26. The fourth-order valence-corrected chi connectivity index (χ4v) is 3.03. The monoisotopic (exact) mass is 256 g/mol. The molecule has 1 aromatic heterocycles. The highest BCUT2D eigenvalue weighted by atomic mass is 16.9. The molecule has 0 amide bonds. The van der Waals surface area contributed by atoms with Gasteiger partial charge >= 0.3 is 0 Å². The molecule has 0 bridgehead atoms. The number of nitrogens with zero attached hydrogens (tertiary/aromatic N) is 2. The predicted octanol–water partition coefficient (Wildman–Crippen LogP) is 2.61. The molecule has 2 aromatic rings. The van der Waals surface area contributed by atoms with Crippen molar-refractivity contribution in [1.29, 1.82) is 0 Å². The maximum Gasteiger partial charge on any atom is 0.206 e. The Kier molecular flexibility index (Phi) is 2.47. The minimum atomic E-state index is -0.249. The standard InChI is InChI=1S/C15H16N2O2/c1-10-18-15(19-10)14-8-16-9-17(14)13-6-11-4-2-3-5-12(11)7-13/h2-5,8-10,13,15H,6-7H2,1H3. The molecular weight excluding hydrogens is 240 g/mol. The fraction of sp³-hybridized carbons (Fsp3) is 0.400. The third-order valence-corrected chi connectivity index (χ3v) is 3.99. The van der Waals surface area contributed by atoms with E-state index in [0.717, 1.165) is 18.5 Å². The van der Waals surface area contributed by atoms with Gasteiger partial charge in [-0.3, -0.25) is 0 Å². The number of aromatic nitrogens is 2. The molecule has 0 radical (unpaired) electrons. The van der Waals surface area contributed by atoms with Gasteiger partial charge in [-0.25, -0.2) is 4.98 Å². The quantitative estimate of drug-likeness (QED) is 0.828. The van der Waals surface area contributed by atoms with Gasteiger partial charge in [0.1, 0.15) is 0 Å². The van der Waals surface area contributed by atoms with Crippen LogP contribution >= 0.6 is 0 Å².